The van der Waals surface area contributed by atoms with Gasteiger partial charge < -0.3 is 59.5 Å². The van der Waals surface area contributed by atoms with E-state index in [1.54, 1.807) is 16.8 Å². The van der Waals surface area contributed by atoms with Gasteiger partial charge in [0.15, 0.2) is 0 Å². The van der Waals surface area contributed by atoms with Crippen LogP contribution in [0.4, 0.5) is 0 Å². The Hall–Kier alpha value is -3.79. The lowest BCUT2D eigenvalue weighted by atomic mass is 9.85. The molecule has 3 amide bonds. The van der Waals surface area contributed by atoms with Crippen LogP contribution < -0.4 is 16.4 Å². The van der Waals surface area contributed by atoms with Gasteiger partial charge in [0.2, 0.25) is 17.7 Å². The number of carbonyl (C=O) groups excluding carboxylic acids is 3. The second-order valence-corrected chi connectivity index (χ2v) is 16.9. The molecule has 61 heavy (non-hydrogen) atoms. The van der Waals surface area contributed by atoms with Gasteiger partial charge in [0.1, 0.15) is 18.7 Å². The summed E-state index contributed by atoms with van der Waals surface area (Å²) in [6.07, 6.45) is -0.819. The Kier molecular flexibility index (Phi) is 23.7. The molecule has 4 unspecified atom stereocenters. The van der Waals surface area contributed by atoms with E-state index in [2.05, 4.69) is 25.6 Å². The highest BCUT2D eigenvalue weighted by Gasteiger charge is 2.44. The molecule has 1 saturated heterocycles. The van der Waals surface area contributed by atoms with Crippen molar-refractivity contribution >= 4 is 29.1 Å². The molecular weight excluding hydrogens is 813 g/mol. The molecule has 19 nitrogen and oxygen atoms in total. The molecule has 2 heterocycles. The molecule has 1 fully saturated rings. The van der Waals surface area contributed by atoms with Crippen molar-refractivity contribution in [2.24, 2.45) is 21.7 Å². The number of nitrogens with two attached hydrogens (primary N) is 1. The van der Waals surface area contributed by atoms with Crippen molar-refractivity contribution in [2.45, 2.75) is 65.8 Å². The molecule has 1 aliphatic heterocycles. The highest BCUT2D eigenvalue weighted by atomic mass is 32.1. The van der Waals surface area contributed by atoms with E-state index in [9.17, 15) is 19.5 Å². The fraction of sp³-hybridized carbons (Fsp3) is 0.707. The minimum Gasteiger partial charge on any atom is -0.391 e. The van der Waals surface area contributed by atoms with E-state index in [-0.39, 0.29) is 58.4 Å². The number of aromatic nitrogens is 1. The first-order valence-electron chi connectivity index (χ1n) is 20.6. The van der Waals surface area contributed by atoms with E-state index in [0.29, 0.717) is 72.6 Å². The van der Waals surface area contributed by atoms with Gasteiger partial charge in [-0.3, -0.25) is 14.4 Å². The number of aryl methyl sites for hydroxylation is 1. The molecule has 20 heteroatoms. The van der Waals surface area contributed by atoms with Crippen LogP contribution in [0, 0.1) is 17.8 Å². The predicted octanol–water partition coefficient (Wildman–Crippen LogP) is 2.62. The summed E-state index contributed by atoms with van der Waals surface area (Å²) in [5.74, 6) is -1.38. The van der Waals surface area contributed by atoms with Crippen LogP contribution in [0.1, 0.15) is 45.4 Å². The van der Waals surface area contributed by atoms with Crippen molar-refractivity contribution in [1.29, 1.82) is 0 Å². The molecule has 0 aliphatic carbocycles. The standard InChI is InChI=1S/C41H66N8O11S/c1-30-36(61-29-45-30)32-8-6-31(7-9-32)23-44-38(52)34-22-33(50)24-49(34)39(53)37(40(2,3)4)47-35(51)25-60-28-41(5,26-58-20-18-56-16-14-54-12-10-42)27-59-21-19-57-17-15-55-13-11-46-48-43/h6-9,29,33-34,37,50H,10-28,42H2,1-5H3,(H,44,52)(H,47,51). The number of carbonyl (C=O) groups is 3. The van der Waals surface area contributed by atoms with Gasteiger partial charge >= 0.3 is 0 Å². The minimum absolute atomic E-state index is 0.0398. The second kappa shape index (κ2) is 28.0. The average Bonchev–Trinajstić information content (AvgIpc) is 3.85. The van der Waals surface area contributed by atoms with Gasteiger partial charge in [0.05, 0.1) is 108 Å². The van der Waals surface area contributed by atoms with E-state index in [1.807, 2.05) is 58.9 Å². The Morgan fingerprint density at radius 2 is 1.49 bits per heavy atom. The fourth-order valence-electron chi connectivity index (χ4n) is 6.25. The van der Waals surface area contributed by atoms with Crippen molar-refractivity contribution in [2.75, 3.05) is 112 Å². The number of aliphatic hydroxyl groups is 1. The number of thiazole rings is 1. The van der Waals surface area contributed by atoms with Crippen LogP contribution in [-0.4, -0.2) is 163 Å². The molecule has 0 saturated carbocycles. The van der Waals surface area contributed by atoms with Gasteiger partial charge in [-0.1, -0.05) is 57.1 Å². The van der Waals surface area contributed by atoms with Crippen LogP contribution in [-0.2, 0) is 54.1 Å². The largest absolute Gasteiger partial charge is 0.391 e. The Balaban J connectivity index is 1.52. The Labute approximate surface area is 362 Å². The number of benzene rings is 1. The van der Waals surface area contributed by atoms with E-state index in [1.165, 1.54) is 4.90 Å². The van der Waals surface area contributed by atoms with Crippen LogP contribution in [0.2, 0.25) is 0 Å². The molecule has 1 aliphatic rings. The van der Waals surface area contributed by atoms with E-state index < -0.39 is 40.8 Å². The lowest BCUT2D eigenvalue weighted by Crippen LogP contribution is -2.58. The number of aliphatic hydroxyl groups excluding tert-OH is 1. The zero-order valence-electron chi connectivity index (χ0n) is 36.3. The summed E-state index contributed by atoms with van der Waals surface area (Å²) >= 11 is 1.57. The van der Waals surface area contributed by atoms with Crippen LogP contribution in [0.25, 0.3) is 20.9 Å². The number of azide groups is 1. The smallest absolute Gasteiger partial charge is 0.246 e. The molecule has 4 atom stereocenters. The molecule has 342 valence electrons. The molecule has 0 spiro atoms. The van der Waals surface area contributed by atoms with Gasteiger partial charge in [0, 0.05) is 42.9 Å². The number of nitrogens with zero attached hydrogens (tertiary/aromatic N) is 5. The highest BCUT2D eigenvalue weighted by molar-refractivity contribution is 7.13. The van der Waals surface area contributed by atoms with Crippen LogP contribution in [0.5, 0.6) is 0 Å². The summed E-state index contributed by atoms with van der Waals surface area (Å²) in [5, 5.41) is 19.8. The number of likely N-dealkylation sites (tertiary alicyclic amines) is 1. The number of β-amino-alcohol motifs (C(OH)–C–C–N with tert-alkyl or cyclic N) is 1. The first kappa shape index (κ1) is 51.6. The third-order valence-corrected chi connectivity index (χ3v) is 10.4. The zero-order chi connectivity index (χ0) is 44.5. The average molecular weight is 879 g/mol. The van der Waals surface area contributed by atoms with Crippen LogP contribution >= 0.6 is 11.3 Å². The third-order valence-electron chi connectivity index (χ3n) is 9.45. The van der Waals surface area contributed by atoms with Crippen LogP contribution in [0.15, 0.2) is 34.9 Å². The summed E-state index contributed by atoms with van der Waals surface area (Å²) in [4.78, 5) is 50.4. The lowest BCUT2D eigenvalue weighted by Gasteiger charge is -2.35. The molecule has 0 bridgehead atoms. The Bertz CT molecular complexity index is 1640. The van der Waals surface area contributed by atoms with Gasteiger partial charge in [-0.05, 0) is 29.0 Å². The summed E-state index contributed by atoms with van der Waals surface area (Å²) in [5.41, 5.74) is 17.0. The van der Waals surface area contributed by atoms with Gasteiger partial charge in [-0.25, -0.2) is 4.98 Å². The zero-order valence-corrected chi connectivity index (χ0v) is 37.1. The molecule has 5 N–H and O–H groups in total. The van der Waals surface area contributed by atoms with Crippen molar-refractivity contribution in [3.05, 3.63) is 51.5 Å². The predicted molar refractivity (Wildman–Crippen MR) is 229 cm³/mol. The Morgan fingerprint density at radius 1 is 0.918 bits per heavy atom. The second-order valence-electron chi connectivity index (χ2n) is 16.0. The SMILES string of the molecule is Cc1ncsc1-c1ccc(CNC(=O)C2CC(O)CN2C(=O)C(NC(=O)COCC(C)(COCCOCCOCCN)COCCOCCOCCN=[N+]=[N-])C(C)(C)C)cc1. The third kappa shape index (κ3) is 19.4. The summed E-state index contributed by atoms with van der Waals surface area (Å²) in [6.45, 7) is 14.1. The molecule has 3 rings (SSSR count). The van der Waals surface area contributed by atoms with Crippen molar-refractivity contribution in [3.8, 4) is 10.4 Å². The maximum absolute atomic E-state index is 14.1. The van der Waals surface area contributed by atoms with Crippen molar-refractivity contribution < 1.29 is 52.6 Å². The van der Waals surface area contributed by atoms with Crippen molar-refractivity contribution in [3.63, 3.8) is 0 Å². The quantitative estimate of drug-likeness (QED) is 0.0369. The maximum atomic E-state index is 14.1. The number of hydrogen-bond acceptors (Lipinski definition) is 15. The first-order chi connectivity index (χ1) is 29.3. The maximum Gasteiger partial charge on any atom is 0.246 e. The summed E-state index contributed by atoms with van der Waals surface area (Å²) in [7, 11) is 0. The van der Waals surface area contributed by atoms with E-state index in [0.717, 1.165) is 21.7 Å². The van der Waals surface area contributed by atoms with Gasteiger partial charge in [-0.15, -0.1) is 11.3 Å². The molecule has 2 aromatic rings. The van der Waals surface area contributed by atoms with E-state index in [4.69, 9.17) is 44.4 Å². The topological polar surface area (TPSA) is 251 Å². The minimum atomic E-state index is -1.01. The van der Waals surface area contributed by atoms with Gasteiger partial charge in [-0.2, -0.15) is 0 Å². The number of rotatable bonds is 31. The summed E-state index contributed by atoms with van der Waals surface area (Å²) in [6, 6.07) is 5.91. The molecular formula is C41H66N8O11S. The summed E-state index contributed by atoms with van der Waals surface area (Å²) < 4.78 is 39.5. The lowest BCUT2D eigenvalue weighted by molar-refractivity contribution is -0.145. The highest BCUT2D eigenvalue weighted by Crippen LogP contribution is 2.28. The first-order valence-corrected chi connectivity index (χ1v) is 21.5. The number of amides is 3. The van der Waals surface area contributed by atoms with Crippen LogP contribution in [0.3, 0.4) is 0 Å². The molecule has 1 aromatic carbocycles. The number of nitrogens with one attached hydrogen (secondary N) is 2. The number of hydrogen-bond donors (Lipinski definition) is 4. The number of ether oxygens (including phenoxy) is 7. The molecule has 0 radical (unpaired) electrons. The monoisotopic (exact) mass is 878 g/mol. The van der Waals surface area contributed by atoms with E-state index >= 15 is 0 Å². The van der Waals surface area contributed by atoms with Gasteiger partial charge in [0.25, 0.3) is 0 Å². The Morgan fingerprint density at radius 3 is 2.05 bits per heavy atom. The fourth-order valence-corrected chi connectivity index (χ4v) is 7.06. The molecule has 1 aromatic heterocycles. The van der Waals surface area contributed by atoms with Crippen molar-refractivity contribution in [1.82, 2.24) is 20.5 Å². The normalized spacial score (nSPS) is 16.8.